The van der Waals surface area contributed by atoms with Crippen LogP contribution in [0.4, 0.5) is 0 Å². The molecule has 0 heterocycles. The van der Waals surface area contributed by atoms with Gasteiger partial charge in [-0.3, -0.25) is 4.90 Å². The van der Waals surface area contributed by atoms with Crippen LogP contribution >= 0.6 is 0 Å². The second-order valence-corrected chi connectivity index (χ2v) is 4.71. The Kier molecular flexibility index (Phi) is 6.29. The normalized spacial score (nSPS) is 14.8. The highest BCUT2D eigenvalue weighted by Crippen LogP contribution is 2.15. The van der Waals surface area contributed by atoms with Gasteiger partial charge in [0, 0.05) is 26.2 Å². The van der Waals surface area contributed by atoms with Crippen LogP contribution in [0.25, 0.3) is 0 Å². The summed E-state index contributed by atoms with van der Waals surface area (Å²) < 4.78 is 5.11. The van der Waals surface area contributed by atoms with Gasteiger partial charge < -0.3 is 15.6 Å². The van der Waals surface area contributed by atoms with E-state index >= 15 is 0 Å². The molecule has 102 valence electrons. The minimum atomic E-state index is -0.485. The Labute approximate surface area is 109 Å². The van der Waals surface area contributed by atoms with Gasteiger partial charge in [-0.05, 0) is 25.1 Å². The molecule has 4 nitrogen and oxygen atoms in total. The van der Waals surface area contributed by atoms with Gasteiger partial charge >= 0.3 is 0 Å². The van der Waals surface area contributed by atoms with Gasteiger partial charge in [-0.2, -0.15) is 0 Å². The Morgan fingerprint density at radius 1 is 1.33 bits per heavy atom. The number of aliphatic hydroxyl groups is 1. The first-order valence-corrected chi connectivity index (χ1v) is 6.24. The lowest BCUT2D eigenvalue weighted by atomic mass is 10.1. The molecule has 0 saturated carbocycles. The van der Waals surface area contributed by atoms with Crippen LogP contribution in [0.3, 0.4) is 0 Å². The van der Waals surface area contributed by atoms with Gasteiger partial charge in [0.25, 0.3) is 0 Å². The van der Waals surface area contributed by atoms with Crippen molar-refractivity contribution in [3.05, 3.63) is 35.4 Å². The van der Waals surface area contributed by atoms with Crippen molar-refractivity contribution in [2.75, 3.05) is 27.3 Å². The fraction of sp³-hybridized carbons (Fsp3) is 0.571. The summed E-state index contributed by atoms with van der Waals surface area (Å²) in [6.07, 6.45) is -0.485. The molecule has 2 unspecified atom stereocenters. The third-order valence-electron chi connectivity index (χ3n) is 3.22. The fourth-order valence-corrected chi connectivity index (χ4v) is 1.80. The lowest BCUT2D eigenvalue weighted by molar-refractivity contribution is 0.0709. The largest absolute Gasteiger partial charge is 0.387 e. The first-order chi connectivity index (χ1) is 8.58. The average molecular weight is 252 g/mol. The van der Waals surface area contributed by atoms with E-state index in [4.69, 9.17) is 10.5 Å². The van der Waals surface area contributed by atoms with Gasteiger partial charge in [0.1, 0.15) is 0 Å². The molecule has 18 heavy (non-hydrogen) atoms. The number of nitrogens with zero attached hydrogens (tertiary/aromatic N) is 1. The summed E-state index contributed by atoms with van der Waals surface area (Å²) in [6.45, 7) is 3.86. The highest BCUT2D eigenvalue weighted by molar-refractivity contribution is 5.24. The van der Waals surface area contributed by atoms with E-state index in [9.17, 15) is 5.11 Å². The van der Waals surface area contributed by atoms with Crippen molar-refractivity contribution < 1.29 is 9.84 Å². The Hall–Kier alpha value is -0.940. The zero-order chi connectivity index (χ0) is 13.5. The van der Waals surface area contributed by atoms with E-state index in [-0.39, 0.29) is 6.04 Å². The first-order valence-electron chi connectivity index (χ1n) is 6.24. The summed E-state index contributed by atoms with van der Waals surface area (Å²) >= 11 is 0. The van der Waals surface area contributed by atoms with E-state index < -0.39 is 6.10 Å². The summed E-state index contributed by atoms with van der Waals surface area (Å²) in [5, 5.41) is 10.2. The second kappa shape index (κ2) is 7.48. The van der Waals surface area contributed by atoms with Crippen molar-refractivity contribution >= 4 is 0 Å². The maximum Gasteiger partial charge on any atom is 0.0916 e. The summed E-state index contributed by atoms with van der Waals surface area (Å²) in [4.78, 5) is 2.09. The van der Waals surface area contributed by atoms with Crippen LogP contribution in [0.15, 0.2) is 24.3 Å². The van der Waals surface area contributed by atoms with Crippen molar-refractivity contribution in [1.82, 2.24) is 4.90 Å². The van der Waals surface area contributed by atoms with Gasteiger partial charge in [0.05, 0.1) is 12.7 Å². The van der Waals surface area contributed by atoms with E-state index in [1.807, 2.05) is 31.3 Å². The van der Waals surface area contributed by atoms with E-state index in [0.29, 0.717) is 19.7 Å². The minimum Gasteiger partial charge on any atom is -0.387 e. The minimum absolute atomic E-state index is 0.285. The van der Waals surface area contributed by atoms with Gasteiger partial charge in [0.2, 0.25) is 0 Å². The number of ether oxygens (including phenoxy) is 1. The molecule has 0 aliphatic rings. The van der Waals surface area contributed by atoms with Crippen molar-refractivity contribution in [3.8, 4) is 0 Å². The molecule has 3 N–H and O–H groups in total. The molecule has 0 bridgehead atoms. The maximum atomic E-state index is 10.2. The quantitative estimate of drug-likeness (QED) is 0.764. The molecule has 0 aliphatic carbocycles. The third-order valence-corrected chi connectivity index (χ3v) is 3.22. The Morgan fingerprint density at radius 2 is 1.94 bits per heavy atom. The van der Waals surface area contributed by atoms with Crippen LogP contribution in [0.1, 0.15) is 24.2 Å². The molecule has 0 aromatic heterocycles. The highest BCUT2D eigenvalue weighted by Gasteiger charge is 2.14. The Balaban J connectivity index is 2.55. The van der Waals surface area contributed by atoms with Crippen LogP contribution in [0.5, 0.6) is 0 Å². The van der Waals surface area contributed by atoms with Crippen LogP contribution in [-0.4, -0.2) is 43.4 Å². The molecule has 0 saturated heterocycles. The van der Waals surface area contributed by atoms with Crippen molar-refractivity contribution in [1.29, 1.82) is 0 Å². The Morgan fingerprint density at radius 3 is 2.44 bits per heavy atom. The Bertz CT molecular complexity index is 340. The molecule has 0 aliphatic heterocycles. The number of likely N-dealkylation sites (N-methyl/N-ethyl adjacent to an activating group) is 1. The summed E-state index contributed by atoms with van der Waals surface area (Å²) in [7, 11) is 3.67. The van der Waals surface area contributed by atoms with E-state index in [2.05, 4.69) is 11.8 Å². The maximum absolute atomic E-state index is 10.2. The molecular formula is C14H24N2O2. The molecule has 0 amide bonds. The summed E-state index contributed by atoms with van der Waals surface area (Å²) in [6, 6.07) is 8.06. The standard InChI is InChI=1S/C14H24N2O2/c1-11(10-18-3)16(2)9-14(17)13-6-4-12(8-15)5-7-13/h4-7,11,14,17H,8-10,15H2,1-3H3. The van der Waals surface area contributed by atoms with Crippen molar-refractivity contribution in [3.63, 3.8) is 0 Å². The van der Waals surface area contributed by atoms with E-state index in [1.165, 1.54) is 0 Å². The van der Waals surface area contributed by atoms with Gasteiger partial charge in [0.15, 0.2) is 0 Å². The number of aliphatic hydroxyl groups excluding tert-OH is 1. The number of methoxy groups -OCH3 is 1. The fourth-order valence-electron chi connectivity index (χ4n) is 1.80. The van der Waals surface area contributed by atoms with E-state index in [0.717, 1.165) is 11.1 Å². The molecule has 1 rings (SSSR count). The molecular weight excluding hydrogens is 228 g/mol. The number of hydrogen-bond acceptors (Lipinski definition) is 4. The first kappa shape index (κ1) is 15.1. The zero-order valence-corrected chi connectivity index (χ0v) is 11.5. The second-order valence-electron chi connectivity index (χ2n) is 4.71. The van der Waals surface area contributed by atoms with Crippen LogP contribution in [0, 0.1) is 0 Å². The number of rotatable bonds is 7. The molecule has 0 spiro atoms. The lowest BCUT2D eigenvalue weighted by Gasteiger charge is -2.26. The monoisotopic (exact) mass is 252 g/mol. The summed E-state index contributed by atoms with van der Waals surface area (Å²) in [5.41, 5.74) is 7.54. The molecule has 0 fully saturated rings. The number of benzene rings is 1. The number of hydrogen-bond donors (Lipinski definition) is 2. The van der Waals surface area contributed by atoms with E-state index in [1.54, 1.807) is 7.11 Å². The van der Waals surface area contributed by atoms with Gasteiger partial charge in [-0.1, -0.05) is 24.3 Å². The molecule has 1 aromatic rings. The third kappa shape index (κ3) is 4.38. The van der Waals surface area contributed by atoms with Crippen LogP contribution in [0.2, 0.25) is 0 Å². The highest BCUT2D eigenvalue weighted by atomic mass is 16.5. The SMILES string of the molecule is COCC(C)N(C)CC(O)c1ccc(CN)cc1. The molecule has 0 radical (unpaired) electrons. The van der Waals surface area contributed by atoms with Crippen LogP contribution in [-0.2, 0) is 11.3 Å². The number of nitrogens with two attached hydrogens (primary N) is 1. The van der Waals surface area contributed by atoms with Crippen LogP contribution < -0.4 is 5.73 Å². The molecule has 4 heteroatoms. The smallest absolute Gasteiger partial charge is 0.0916 e. The van der Waals surface area contributed by atoms with Crippen molar-refractivity contribution in [2.24, 2.45) is 5.73 Å². The van der Waals surface area contributed by atoms with Crippen molar-refractivity contribution in [2.45, 2.75) is 25.6 Å². The summed E-state index contributed by atoms with van der Waals surface area (Å²) in [5.74, 6) is 0. The molecule has 2 atom stereocenters. The predicted octanol–water partition coefficient (Wildman–Crippen LogP) is 1.15. The topological polar surface area (TPSA) is 58.7 Å². The zero-order valence-electron chi connectivity index (χ0n) is 11.5. The lowest BCUT2D eigenvalue weighted by Crippen LogP contribution is -2.35. The average Bonchev–Trinajstić information content (AvgIpc) is 2.39. The predicted molar refractivity (Wildman–Crippen MR) is 73.3 cm³/mol. The van der Waals surface area contributed by atoms with Gasteiger partial charge in [-0.15, -0.1) is 0 Å². The van der Waals surface area contributed by atoms with Gasteiger partial charge in [-0.25, -0.2) is 0 Å². The molecule has 1 aromatic carbocycles.